The molecule has 1 aromatic rings. The summed E-state index contributed by atoms with van der Waals surface area (Å²) < 4.78 is 7.94. The number of nitrogens with one attached hydrogen (secondary N) is 1. The van der Waals surface area contributed by atoms with Gasteiger partial charge >= 0.3 is 0 Å². The van der Waals surface area contributed by atoms with Gasteiger partial charge in [-0.15, -0.1) is 0 Å². The van der Waals surface area contributed by atoms with Crippen LogP contribution in [0, 0.1) is 0 Å². The van der Waals surface area contributed by atoms with Crippen LogP contribution in [0.3, 0.4) is 0 Å². The summed E-state index contributed by atoms with van der Waals surface area (Å²) in [5, 5.41) is 8.01. The van der Waals surface area contributed by atoms with Crippen molar-refractivity contribution in [3.8, 4) is 0 Å². The predicted molar refractivity (Wildman–Crippen MR) is 79.5 cm³/mol. The third-order valence-corrected chi connectivity index (χ3v) is 3.61. The second-order valence-corrected chi connectivity index (χ2v) is 4.80. The minimum atomic E-state index is 0.264. The molecule has 0 saturated heterocycles. The number of ether oxygens (including phenoxy) is 1. The first kappa shape index (κ1) is 16.2. The van der Waals surface area contributed by atoms with Gasteiger partial charge in [0, 0.05) is 31.3 Å². The molecule has 0 spiro atoms. The Morgan fingerprint density at radius 3 is 2.53 bits per heavy atom. The molecule has 0 aromatic carbocycles. The van der Waals surface area contributed by atoms with Crippen LogP contribution in [0.2, 0.25) is 0 Å². The average Bonchev–Trinajstić information content (AvgIpc) is 2.84. The van der Waals surface area contributed by atoms with Crippen LogP contribution in [0.1, 0.15) is 45.5 Å². The van der Waals surface area contributed by atoms with E-state index in [-0.39, 0.29) is 6.10 Å². The number of nitrogens with zero attached hydrogens (tertiary/aromatic N) is 2. The van der Waals surface area contributed by atoms with Gasteiger partial charge in [0.05, 0.1) is 11.8 Å². The van der Waals surface area contributed by atoms with E-state index in [0.717, 1.165) is 32.4 Å². The van der Waals surface area contributed by atoms with Crippen LogP contribution in [0.4, 0.5) is 0 Å². The molecule has 1 N–H and O–H groups in total. The zero-order valence-corrected chi connectivity index (χ0v) is 13.1. The van der Waals surface area contributed by atoms with Gasteiger partial charge in [-0.25, -0.2) is 0 Å². The smallest absolute Gasteiger partial charge is 0.0729 e. The van der Waals surface area contributed by atoms with E-state index < -0.39 is 0 Å². The third-order valence-electron chi connectivity index (χ3n) is 3.61. The zero-order valence-electron chi connectivity index (χ0n) is 13.1. The van der Waals surface area contributed by atoms with Crippen molar-refractivity contribution in [2.24, 2.45) is 0 Å². The molecule has 2 atom stereocenters. The first-order valence-corrected chi connectivity index (χ1v) is 7.54. The molecule has 1 heterocycles. The van der Waals surface area contributed by atoms with Gasteiger partial charge < -0.3 is 10.1 Å². The van der Waals surface area contributed by atoms with E-state index in [1.54, 1.807) is 0 Å². The van der Waals surface area contributed by atoms with E-state index in [9.17, 15) is 0 Å². The van der Waals surface area contributed by atoms with Crippen molar-refractivity contribution >= 4 is 0 Å². The molecule has 19 heavy (non-hydrogen) atoms. The highest BCUT2D eigenvalue weighted by atomic mass is 16.5. The molecule has 0 fully saturated rings. The Bertz CT molecular complexity index is 362. The van der Waals surface area contributed by atoms with Gasteiger partial charge in [0.2, 0.25) is 0 Å². The van der Waals surface area contributed by atoms with E-state index in [0.29, 0.717) is 6.04 Å². The van der Waals surface area contributed by atoms with Crippen molar-refractivity contribution in [2.45, 2.75) is 65.6 Å². The molecule has 0 bridgehead atoms. The summed E-state index contributed by atoms with van der Waals surface area (Å²) in [6.07, 6.45) is 3.25. The van der Waals surface area contributed by atoms with E-state index in [2.05, 4.69) is 48.9 Å². The van der Waals surface area contributed by atoms with Gasteiger partial charge in [-0.2, -0.15) is 5.10 Å². The fraction of sp³-hybridized carbons (Fsp3) is 0.800. The highest BCUT2D eigenvalue weighted by Crippen LogP contribution is 2.13. The summed E-state index contributed by atoms with van der Waals surface area (Å²) in [6, 6.07) is 2.57. The molecule has 110 valence electrons. The van der Waals surface area contributed by atoms with Crippen molar-refractivity contribution in [1.29, 1.82) is 0 Å². The van der Waals surface area contributed by atoms with Gasteiger partial charge in [-0.3, -0.25) is 4.68 Å². The Morgan fingerprint density at radius 2 is 2.05 bits per heavy atom. The average molecular weight is 267 g/mol. The van der Waals surface area contributed by atoms with Gasteiger partial charge in [0.1, 0.15) is 0 Å². The van der Waals surface area contributed by atoms with Crippen LogP contribution < -0.4 is 5.32 Å². The van der Waals surface area contributed by atoms with E-state index >= 15 is 0 Å². The summed E-state index contributed by atoms with van der Waals surface area (Å²) in [4.78, 5) is 0. The first-order valence-electron chi connectivity index (χ1n) is 7.54. The highest BCUT2D eigenvalue weighted by Gasteiger charge is 2.21. The number of aromatic nitrogens is 2. The predicted octanol–water partition coefficient (Wildman–Crippen LogP) is 2.41. The minimum Gasteiger partial charge on any atom is -0.377 e. The fourth-order valence-electron chi connectivity index (χ4n) is 2.50. The Balaban J connectivity index is 2.81. The van der Waals surface area contributed by atoms with Crippen LogP contribution in [0.5, 0.6) is 0 Å². The molecule has 0 aliphatic carbocycles. The number of hydrogen-bond donors (Lipinski definition) is 1. The summed E-state index contributed by atoms with van der Waals surface area (Å²) in [5.74, 6) is 0. The van der Waals surface area contributed by atoms with Gasteiger partial charge in [-0.1, -0.05) is 13.8 Å². The van der Waals surface area contributed by atoms with Crippen molar-refractivity contribution in [3.05, 3.63) is 17.5 Å². The Morgan fingerprint density at radius 1 is 1.32 bits per heavy atom. The maximum atomic E-state index is 5.83. The van der Waals surface area contributed by atoms with E-state index in [4.69, 9.17) is 4.74 Å². The minimum absolute atomic E-state index is 0.264. The number of rotatable bonds is 9. The summed E-state index contributed by atoms with van der Waals surface area (Å²) in [7, 11) is 2.01. The SMILES string of the molecule is CCOC(CC)C(Cc1cc(CC)nn1CC)NC. The lowest BCUT2D eigenvalue weighted by atomic mass is 10.0. The lowest BCUT2D eigenvalue weighted by molar-refractivity contribution is 0.0334. The first-order chi connectivity index (χ1) is 9.19. The molecular weight excluding hydrogens is 238 g/mol. The lowest BCUT2D eigenvalue weighted by Crippen LogP contribution is -2.41. The topological polar surface area (TPSA) is 39.1 Å². The molecule has 2 unspecified atom stereocenters. The number of aryl methyl sites for hydroxylation is 2. The highest BCUT2D eigenvalue weighted by molar-refractivity contribution is 5.12. The Kier molecular flexibility index (Phi) is 7.10. The van der Waals surface area contributed by atoms with E-state index in [1.807, 2.05) is 7.05 Å². The van der Waals surface area contributed by atoms with Gasteiger partial charge in [0.15, 0.2) is 0 Å². The van der Waals surface area contributed by atoms with Crippen LogP contribution in [-0.2, 0) is 24.1 Å². The van der Waals surface area contributed by atoms with E-state index in [1.165, 1.54) is 11.4 Å². The Hall–Kier alpha value is -0.870. The molecule has 0 radical (unpaired) electrons. The molecule has 1 aromatic heterocycles. The molecule has 4 heteroatoms. The standard InChI is InChI=1S/C15H29N3O/c1-6-12-10-13(18(8-3)17-12)11-14(16-5)15(7-2)19-9-4/h10,14-16H,6-9,11H2,1-5H3. The maximum absolute atomic E-state index is 5.83. The van der Waals surface area contributed by atoms with Crippen molar-refractivity contribution in [3.63, 3.8) is 0 Å². The monoisotopic (exact) mass is 267 g/mol. The molecule has 0 aliphatic heterocycles. The summed E-state index contributed by atoms with van der Waals surface area (Å²) in [5.41, 5.74) is 2.48. The second kappa shape index (κ2) is 8.33. The number of likely N-dealkylation sites (N-methyl/N-ethyl adjacent to an activating group) is 1. The molecule has 0 amide bonds. The molecular formula is C15H29N3O. The van der Waals surface area contributed by atoms with Gasteiger partial charge in [0.25, 0.3) is 0 Å². The normalized spacial score (nSPS) is 14.6. The van der Waals surface area contributed by atoms with Crippen LogP contribution in [0.25, 0.3) is 0 Å². The largest absolute Gasteiger partial charge is 0.377 e. The fourth-order valence-corrected chi connectivity index (χ4v) is 2.50. The summed E-state index contributed by atoms with van der Waals surface area (Å²) in [6.45, 7) is 10.2. The number of hydrogen-bond acceptors (Lipinski definition) is 3. The van der Waals surface area contributed by atoms with Crippen molar-refractivity contribution < 1.29 is 4.74 Å². The molecule has 4 nitrogen and oxygen atoms in total. The second-order valence-electron chi connectivity index (χ2n) is 4.80. The van der Waals surface area contributed by atoms with Gasteiger partial charge in [-0.05, 0) is 39.8 Å². The Labute approximate surface area is 117 Å². The lowest BCUT2D eigenvalue weighted by Gasteiger charge is -2.26. The molecule has 1 rings (SSSR count). The van der Waals surface area contributed by atoms with Crippen molar-refractivity contribution in [1.82, 2.24) is 15.1 Å². The van der Waals surface area contributed by atoms with Crippen LogP contribution in [-0.4, -0.2) is 35.6 Å². The maximum Gasteiger partial charge on any atom is 0.0729 e. The van der Waals surface area contributed by atoms with Crippen molar-refractivity contribution in [2.75, 3.05) is 13.7 Å². The third kappa shape index (κ3) is 4.32. The molecule has 0 saturated carbocycles. The van der Waals surface area contributed by atoms with Crippen LogP contribution in [0.15, 0.2) is 6.07 Å². The summed E-state index contributed by atoms with van der Waals surface area (Å²) >= 11 is 0. The molecule has 0 aliphatic rings. The quantitative estimate of drug-likeness (QED) is 0.747. The van der Waals surface area contributed by atoms with Crippen LogP contribution >= 0.6 is 0 Å². The zero-order chi connectivity index (χ0) is 14.3.